The zero-order chi connectivity index (χ0) is 16.7. The number of anilines is 2. The Hall–Kier alpha value is -2.45. The van der Waals surface area contributed by atoms with Crippen molar-refractivity contribution >= 4 is 44.2 Å². The topological polar surface area (TPSA) is 99.9 Å². The van der Waals surface area contributed by atoms with Crippen LogP contribution >= 0.6 is 15.9 Å². The first-order valence-corrected chi connectivity index (χ1v) is 8.30. The maximum absolute atomic E-state index is 12.4. The highest BCUT2D eigenvalue weighted by molar-refractivity contribution is 9.10. The van der Waals surface area contributed by atoms with Gasteiger partial charge in [-0.2, -0.15) is 0 Å². The second-order valence-electron chi connectivity index (χ2n) is 5.74. The predicted molar refractivity (Wildman–Crippen MR) is 96.2 cm³/mol. The zero-order valence-corrected chi connectivity index (χ0v) is 14.2. The number of halogens is 1. The second-order valence-corrected chi connectivity index (χ2v) is 6.60. The van der Waals surface area contributed by atoms with Crippen molar-refractivity contribution in [2.75, 3.05) is 23.3 Å². The number of carbonyl (C=O) groups excluding carboxylic acids is 1. The van der Waals surface area contributed by atoms with E-state index in [0.717, 1.165) is 34.3 Å². The third-order valence-corrected chi connectivity index (χ3v) is 4.61. The molecule has 0 spiro atoms. The van der Waals surface area contributed by atoms with E-state index >= 15 is 0 Å². The summed E-state index contributed by atoms with van der Waals surface area (Å²) >= 11 is 3.56. The smallest absolute Gasteiger partial charge is 0.257 e. The van der Waals surface area contributed by atoms with Crippen LogP contribution in [0.1, 0.15) is 10.4 Å². The summed E-state index contributed by atoms with van der Waals surface area (Å²) in [5.41, 5.74) is 8.81. The number of nitrogens with one attached hydrogen (secondary N) is 2. The quantitative estimate of drug-likeness (QED) is 0.639. The number of aromatic nitrogens is 3. The summed E-state index contributed by atoms with van der Waals surface area (Å²) in [4.78, 5) is 26.1. The monoisotopic (exact) mass is 386 g/mol. The largest absolute Gasteiger partial charge is 0.367 e. The number of aromatic amines is 1. The molecule has 0 bridgehead atoms. The Balaban J connectivity index is 1.74. The molecule has 3 aromatic rings. The maximum Gasteiger partial charge on any atom is 0.257 e. The normalized spacial score (nSPS) is 14.7. The molecular formula is C16H15BrN6O. The summed E-state index contributed by atoms with van der Waals surface area (Å²) < 4.78 is 0.873. The molecule has 7 nitrogen and oxygen atoms in total. The Morgan fingerprint density at radius 1 is 1.42 bits per heavy atom. The molecule has 122 valence electrons. The van der Waals surface area contributed by atoms with Gasteiger partial charge in [0.05, 0.1) is 26.8 Å². The minimum atomic E-state index is -0.213. The number of hydrogen-bond acceptors (Lipinski definition) is 5. The fourth-order valence-electron chi connectivity index (χ4n) is 2.85. The molecule has 1 aliphatic rings. The van der Waals surface area contributed by atoms with Crippen molar-refractivity contribution in [2.45, 2.75) is 6.04 Å². The first-order valence-electron chi connectivity index (χ1n) is 7.51. The van der Waals surface area contributed by atoms with Crippen molar-refractivity contribution in [2.24, 2.45) is 5.73 Å². The average molecular weight is 387 g/mol. The minimum Gasteiger partial charge on any atom is -0.367 e. The summed E-state index contributed by atoms with van der Waals surface area (Å²) in [6.45, 7) is 1.55. The van der Waals surface area contributed by atoms with E-state index in [2.05, 4.69) is 41.1 Å². The van der Waals surface area contributed by atoms with E-state index < -0.39 is 0 Å². The van der Waals surface area contributed by atoms with Crippen molar-refractivity contribution in [1.82, 2.24) is 15.0 Å². The molecule has 24 heavy (non-hydrogen) atoms. The summed E-state index contributed by atoms with van der Waals surface area (Å²) in [6.07, 6.45) is 6.68. The van der Waals surface area contributed by atoms with E-state index in [1.165, 1.54) is 6.20 Å². The fourth-order valence-corrected chi connectivity index (χ4v) is 3.40. The van der Waals surface area contributed by atoms with Crippen LogP contribution in [0.5, 0.6) is 0 Å². The lowest BCUT2D eigenvalue weighted by Gasteiger charge is -2.39. The van der Waals surface area contributed by atoms with Gasteiger partial charge >= 0.3 is 0 Å². The summed E-state index contributed by atoms with van der Waals surface area (Å²) in [5, 5.41) is 3.80. The molecule has 1 aliphatic heterocycles. The lowest BCUT2D eigenvalue weighted by Crippen LogP contribution is -2.56. The van der Waals surface area contributed by atoms with Crippen LogP contribution in [-0.2, 0) is 0 Å². The molecule has 4 rings (SSSR count). The van der Waals surface area contributed by atoms with Gasteiger partial charge in [0.1, 0.15) is 5.65 Å². The maximum atomic E-state index is 12.4. The lowest BCUT2D eigenvalue weighted by atomic mass is 10.1. The summed E-state index contributed by atoms with van der Waals surface area (Å²) in [6, 6.07) is 3.63. The number of H-pyrrole nitrogens is 1. The van der Waals surface area contributed by atoms with Gasteiger partial charge in [0.25, 0.3) is 5.91 Å². The standard InChI is InChI=1S/C16H15BrN6O/c17-11-5-20-15-13(14(11)23-7-10(18)8-23)12(6-21-15)22-16(24)9-2-1-3-19-4-9/h1-6,10H,7-8,18H2,(H,20,21)(H,22,24). The van der Waals surface area contributed by atoms with E-state index in [9.17, 15) is 4.79 Å². The molecular weight excluding hydrogens is 372 g/mol. The van der Waals surface area contributed by atoms with E-state index in [0.29, 0.717) is 11.3 Å². The van der Waals surface area contributed by atoms with Crippen LogP contribution in [0.25, 0.3) is 11.0 Å². The Labute approximate surface area is 146 Å². The number of carbonyl (C=O) groups is 1. The number of hydrogen-bond donors (Lipinski definition) is 3. The Morgan fingerprint density at radius 2 is 2.25 bits per heavy atom. The highest BCUT2D eigenvalue weighted by Gasteiger charge is 2.28. The molecule has 0 radical (unpaired) electrons. The number of pyridine rings is 2. The number of nitrogens with zero attached hydrogens (tertiary/aromatic N) is 3. The molecule has 1 fully saturated rings. The SMILES string of the molecule is NC1CN(c2c(Br)cnc3[nH]cc(NC(=O)c4cccnc4)c23)C1. The van der Waals surface area contributed by atoms with Gasteiger partial charge in [-0.15, -0.1) is 0 Å². The van der Waals surface area contributed by atoms with Gasteiger partial charge in [-0.05, 0) is 28.1 Å². The van der Waals surface area contributed by atoms with Gasteiger partial charge in [0, 0.05) is 43.9 Å². The van der Waals surface area contributed by atoms with Crippen LogP contribution in [0, 0.1) is 0 Å². The van der Waals surface area contributed by atoms with Gasteiger partial charge in [0.2, 0.25) is 0 Å². The molecule has 0 aromatic carbocycles. The van der Waals surface area contributed by atoms with Crippen LogP contribution in [-0.4, -0.2) is 40.0 Å². The zero-order valence-electron chi connectivity index (χ0n) is 12.7. The molecule has 4 N–H and O–H groups in total. The molecule has 0 unspecified atom stereocenters. The van der Waals surface area contributed by atoms with E-state index in [4.69, 9.17) is 5.73 Å². The van der Waals surface area contributed by atoms with Gasteiger partial charge < -0.3 is 20.9 Å². The molecule has 3 aromatic heterocycles. The third-order valence-electron chi connectivity index (χ3n) is 4.03. The van der Waals surface area contributed by atoms with Gasteiger partial charge in [-0.3, -0.25) is 9.78 Å². The fraction of sp³-hybridized carbons (Fsp3) is 0.188. The highest BCUT2D eigenvalue weighted by Crippen LogP contribution is 2.39. The van der Waals surface area contributed by atoms with Crippen LogP contribution in [0.2, 0.25) is 0 Å². The van der Waals surface area contributed by atoms with Crippen LogP contribution in [0.15, 0.2) is 41.4 Å². The summed E-state index contributed by atoms with van der Waals surface area (Å²) in [7, 11) is 0. The van der Waals surface area contributed by atoms with E-state index in [-0.39, 0.29) is 11.9 Å². The average Bonchev–Trinajstić information content (AvgIpc) is 2.96. The molecule has 0 aliphatic carbocycles. The van der Waals surface area contributed by atoms with Crippen molar-refractivity contribution in [1.29, 1.82) is 0 Å². The van der Waals surface area contributed by atoms with Gasteiger partial charge in [-0.25, -0.2) is 4.98 Å². The van der Waals surface area contributed by atoms with Crippen LogP contribution in [0.4, 0.5) is 11.4 Å². The predicted octanol–water partition coefficient (Wildman–Crippen LogP) is 2.12. The number of nitrogens with two attached hydrogens (primary N) is 1. The lowest BCUT2D eigenvalue weighted by molar-refractivity contribution is 0.102. The van der Waals surface area contributed by atoms with E-state index in [1.807, 2.05) is 0 Å². The Kier molecular flexibility index (Phi) is 3.70. The molecule has 1 amide bonds. The van der Waals surface area contributed by atoms with Crippen LogP contribution in [0.3, 0.4) is 0 Å². The first kappa shape index (κ1) is 15.1. The van der Waals surface area contributed by atoms with Crippen LogP contribution < -0.4 is 16.0 Å². The van der Waals surface area contributed by atoms with Crippen molar-refractivity contribution in [3.63, 3.8) is 0 Å². The minimum absolute atomic E-state index is 0.174. The third kappa shape index (κ3) is 2.53. The van der Waals surface area contributed by atoms with Crippen molar-refractivity contribution in [3.8, 4) is 0 Å². The highest BCUT2D eigenvalue weighted by atomic mass is 79.9. The van der Waals surface area contributed by atoms with Gasteiger partial charge in [-0.1, -0.05) is 0 Å². The van der Waals surface area contributed by atoms with Gasteiger partial charge in [0.15, 0.2) is 0 Å². The molecule has 8 heteroatoms. The summed E-state index contributed by atoms with van der Waals surface area (Å²) in [5.74, 6) is -0.213. The van der Waals surface area contributed by atoms with E-state index in [1.54, 1.807) is 30.7 Å². The Bertz CT molecular complexity index is 904. The molecule has 4 heterocycles. The number of fused-ring (bicyclic) bond motifs is 1. The number of rotatable bonds is 3. The molecule has 0 atom stereocenters. The van der Waals surface area contributed by atoms with Crippen molar-refractivity contribution < 1.29 is 4.79 Å². The molecule has 1 saturated heterocycles. The second kappa shape index (κ2) is 5.88. The van der Waals surface area contributed by atoms with Crippen molar-refractivity contribution in [3.05, 3.63) is 47.0 Å². The number of amides is 1. The first-order chi connectivity index (χ1) is 11.6. The Morgan fingerprint density at radius 3 is 2.96 bits per heavy atom. The molecule has 0 saturated carbocycles.